The van der Waals surface area contributed by atoms with E-state index in [1.807, 2.05) is 0 Å². The fraction of sp³-hybridized carbons (Fsp3) is 0.0714. The first-order valence-corrected chi connectivity index (χ1v) is 15.3. The standard InChI is InChI=1S/C42H33N3/c1-28-7-4-10-37(25-28)31-13-19-34(20-14-31)40-43-41(35-21-15-32(16-22-35)38-11-5-8-29(2)26-38)45-42(44-40)36-23-17-33(18-24-36)39-12-6-9-30(3)27-39/h4-27H,1-3H3. The highest BCUT2D eigenvalue weighted by molar-refractivity contribution is 5.74. The second-order valence-corrected chi connectivity index (χ2v) is 11.6. The van der Waals surface area contributed by atoms with Gasteiger partial charge in [0.25, 0.3) is 0 Å². The van der Waals surface area contributed by atoms with E-state index in [2.05, 4.69) is 166 Å². The average molecular weight is 580 g/mol. The van der Waals surface area contributed by atoms with Gasteiger partial charge in [-0.2, -0.15) is 0 Å². The van der Waals surface area contributed by atoms with Crippen LogP contribution in [0.1, 0.15) is 16.7 Å². The molecule has 0 bridgehead atoms. The van der Waals surface area contributed by atoms with Crippen molar-refractivity contribution >= 4 is 0 Å². The Hall–Kier alpha value is -5.67. The van der Waals surface area contributed by atoms with E-state index in [1.54, 1.807) is 0 Å². The van der Waals surface area contributed by atoms with Gasteiger partial charge in [0.2, 0.25) is 0 Å². The van der Waals surface area contributed by atoms with Crippen molar-refractivity contribution in [2.45, 2.75) is 20.8 Å². The van der Waals surface area contributed by atoms with Crippen LogP contribution in [-0.4, -0.2) is 15.0 Å². The second kappa shape index (κ2) is 12.1. The zero-order chi connectivity index (χ0) is 30.8. The van der Waals surface area contributed by atoms with Crippen molar-refractivity contribution < 1.29 is 0 Å². The van der Waals surface area contributed by atoms with Crippen molar-refractivity contribution in [2.24, 2.45) is 0 Å². The third-order valence-corrected chi connectivity index (χ3v) is 8.12. The number of rotatable bonds is 6. The lowest BCUT2D eigenvalue weighted by molar-refractivity contribution is 1.07. The van der Waals surface area contributed by atoms with E-state index in [0.29, 0.717) is 17.5 Å². The van der Waals surface area contributed by atoms with Crippen LogP contribution in [0, 0.1) is 20.8 Å². The Morgan fingerprint density at radius 2 is 0.511 bits per heavy atom. The molecule has 0 N–H and O–H groups in total. The highest BCUT2D eigenvalue weighted by Crippen LogP contribution is 2.30. The molecule has 45 heavy (non-hydrogen) atoms. The second-order valence-electron chi connectivity index (χ2n) is 11.6. The summed E-state index contributed by atoms with van der Waals surface area (Å²) in [7, 11) is 0. The zero-order valence-electron chi connectivity index (χ0n) is 25.7. The van der Waals surface area contributed by atoms with E-state index < -0.39 is 0 Å². The lowest BCUT2D eigenvalue weighted by Crippen LogP contribution is -2.00. The lowest BCUT2D eigenvalue weighted by atomic mass is 10.0. The van der Waals surface area contributed by atoms with Crippen LogP contribution in [0.2, 0.25) is 0 Å². The smallest absolute Gasteiger partial charge is 0.164 e. The Morgan fingerprint density at radius 3 is 0.756 bits per heavy atom. The normalized spacial score (nSPS) is 11.0. The molecule has 0 fully saturated rings. The Kier molecular flexibility index (Phi) is 7.59. The summed E-state index contributed by atoms with van der Waals surface area (Å²) in [4.78, 5) is 15.0. The van der Waals surface area contributed by atoms with Crippen LogP contribution < -0.4 is 0 Å². The van der Waals surface area contributed by atoms with Gasteiger partial charge in [-0.05, 0) is 54.2 Å². The Morgan fingerprint density at radius 1 is 0.267 bits per heavy atom. The van der Waals surface area contributed by atoms with Crippen molar-refractivity contribution in [3.05, 3.63) is 162 Å². The molecule has 0 saturated heterocycles. The summed E-state index contributed by atoms with van der Waals surface area (Å²) < 4.78 is 0. The number of hydrogen-bond donors (Lipinski definition) is 0. The SMILES string of the molecule is Cc1cccc(-c2ccc(-c3nc(-c4ccc(-c5cccc(C)c5)cc4)nc(-c4ccc(-c5cccc(C)c5)cc4)n3)cc2)c1. The molecule has 0 spiro atoms. The number of hydrogen-bond acceptors (Lipinski definition) is 3. The van der Waals surface area contributed by atoms with Crippen LogP contribution in [0.3, 0.4) is 0 Å². The molecule has 0 saturated carbocycles. The summed E-state index contributed by atoms with van der Waals surface area (Å²) in [6.07, 6.45) is 0. The Balaban J connectivity index is 1.28. The number of aryl methyl sites for hydroxylation is 3. The minimum Gasteiger partial charge on any atom is -0.208 e. The number of benzene rings is 6. The van der Waals surface area contributed by atoms with Crippen LogP contribution in [0.4, 0.5) is 0 Å². The van der Waals surface area contributed by atoms with Gasteiger partial charge in [-0.15, -0.1) is 0 Å². The van der Waals surface area contributed by atoms with E-state index in [1.165, 1.54) is 33.4 Å². The van der Waals surface area contributed by atoms with E-state index in [9.17, 15) is 0 Å². The van der Waals surface area contributed by atoms with Gasteiger partial charge in [0.15, 0.2) is 17.5 Å². The third kappa shape index (κ3) is 6.20. The van der Waals surface area contributed by atoms with Gasteiger partial charge in [-0.1, -0.05) is 162 Å². The van der Waals surface area contributed by atoms with Gasteiger partial charge in [0.05, 0.1) is 0 Å². The van der Waals surface area contributed by atoms with Crippen LogP contribution in [-0.2, 0) is 0 Å². The van der Waals surface area contributed by atoms with Crippen LogP contribution >= 0.6 is 0 Å². The van der Waals surface area contributed by atoms with Crippen molar-refractivity contribution in [2.75, 3.05) is 0 Å². The molecule has 3 nitrogen and oxygen atoms in total. The maximum Gasteiger partial charge on any atom is 0.164 e. The summed E-state index contributed by atoms with van der Waals surface area (Å²) in [5, 5.41) is 0. The molecule has 0 aliphatic rings. The van der Waals surface area contributed by atoms with Crippen LogP contribution in [0.5, 0.6) is 0 Å². The Labute approximate surface area is 265 Å². The average Bonchev–Trinajstić information content (AvgIpc) is 3.08. The van der Waals surface area contributed by atoms with E-state index in [-0.39, 0.29) is 0 Å². The van der Waals surface area contributed by atoms with E-state index in [0.717, 1.165) is 33.4 Å². The molecule has 7 aromatic rings. The lowest BCUT2D eigenvalue weighted by Gasteiger charge is -2.11. The maximum atomic E-state index is 4.99. The van der Waals surface area contributed by atoms with Gasteiger partial charge < -0.3 is 0 Å². The molecule has 216 valence electrons. The molecule has 0 amide bonds. The van der Waals surface area contributed by atoms with Gasteiger partial charge in [-0.25, -0.2) is 15.0 Å². The zero-order valence-corrected chi connectivity index (χ0v) is 25.7. The van der Waals surface area contributed by atoms with Gasteiger partial charge in [0, 0.05) is 16.7 Å². The molecule has 7 rings (SSSR count). The first-order valence-electron chi connectivity index (χ1n) is 15.3. The molecular formula is C42H33N3. The minimum atomic E-state index is 0.649. The minimum absolute atomic E-state index is 0.649. The molecule has 6 aromatic carbocycles. The van der Waals surface area contributed by atoms with E-state index in [4.69, 9.17) is 15.0 Å². The van der Waals surface area contributed by atoms with Crippen molar-refractivity contribution in [3.63, 3.8) is 0 Å². The van der Waals surface area contributed by atoms with Crippen molar-refractivity contribution in [3.8, 4) is 67.5 Å². The third-order valence-electron chi connectivity index (χ3n) is 8.12. The quantitative estimate of drug-likeness (QED) is 0.197. The highest BCUT2D eigenvalue weighted by Gasteiger charge is 2.13. The number of nitrogens with zero attached hydrogens (tertiary/aromatic N) is 3. The molecule has 1 aromatic heterocycles. The first kappa shape index (κ1) is 28.1. The highest BCUT2D eigenvalue weighted by atomic mass is 15.0. The first-order chi connectivity index (χ1) is 22.0. The van der Waals surface area contributed by atoms with E-state index >= 15 is 0 Å². The van der Waals surface area contributed by atoms with Crippen LogP contribution in [0.15, 0.2) is 146 Å². The van der Waals surface area contributed by atoms with Crippen molar-refractivity contribution in [1.29, 1.82) is 0 Å². The van der Waals surface area contributed by atoms with Crippen molar-refractivity contribution in [1.82, 2.24) is 15.0 Å². The molecule has 0 radical (unpaired) electrons. The molecule has 0 atom stereocenters. The van der Waals surface area contributed by atoms with Gasteiger partial charge >= 0.3 is 0 Å². The molecular weight excluding hydrogens is 546 g/mol. The predicted octanol–water partition coefficient (Wildman–Crippen LogP) is 10.8. The summed E-state index contributed by atoms with van der Waals surface area (Å²) in [5.74, 6) is 1.95. The molecule has 0 aliphatic carbocycles. The fourth-order valence-corrected chi connectivity index (χ4v) is 5.67. The largest absolute Gasteiger partial charge is 0.208 e. The maximum absolute atomic E-state index is 4.99. The molecule has 1 heterocycles. The monoisotopic (exact) mass is 579 g/mol. The summed E-state index contributed by atoms with van der Waals surface area (Å²) in [6, 6.07) is 51.1. The Bertz CT molecular complexity index is 1850. The fourth-order valence-electron chi connectivity index (χ4n) is 5.67. The topological polar surface area (TPSA) is 38.7 Å². The van der Waals surface area contributed by atoms with Gasteiger partial charge in [0.1, 0.15) is 0 Å². The summed E-state index contributed by atoms with van der Waals surface area (Å²) >= 11 is 0. The number of aromatic nitrogens is 3. The van der Waals surface area contributed by atoms with Crippen LogP contribution in [0.25, 0.3) is 67.5 Å². The summed E-state index contributed by atoms with van der Waals surface area (Å²) in [6.45, 7) is 6.35. The molecule has 0 aliphatic heterocycles. The molecule has 3 heteroatoms. The predicted molar refractivity (Wildman–Crippen MR) is 187 cm³/mol. The molecule has 0 unspecified atom stereocenters. The van der Waals surface area contributed by atoms with Gasteiger partial charge in [-0.3, -0.25) is 0 Å². The summed E-state index contributed by atoms with van der Waals surface area (Å²) in [5.41, 5.74) is 13.6.